The molecule has 1 amide bonds. The van der Waals surface area contributed by atoms with Crippen LogP contribution in [0.15, 0.2) is 82.6 Å². The fourth-order valence-corrected chi connectivity index (χ4v) is 3.51. The highest BCUT2D eigenvalue weighted by molar-refractivity contribution is 7.84. The van der Waals surface area contributed by atoms with Crippen molar-refractivity contribution in [2.75, 3.05) is 11.6 Å². The fraction of sp³-hybridized carbons (Fsp3) is 0.0952. The molecular weight excluding hydrogens is 388 g/mol. The van der Waals surface area contributed by atoms with Gasteiger partial charge in [0.25, 0.3) is 5.91 Å². The van der Waals surface area contributed by atoms with Gasteiger partial charge in [0.05, 0.1) is 6.54 Å². The Morgan fingerprint density at radius 1 is 1.07 bits per heavy atom. The van der Waals surface area contributed by atoms with E-state index in [4.69, 9.17) is 0 Å². The predicted molar refractivity (Wildman–Crippen MR) is 112 cm³/mol. The molecule has 2 aromatic carbocycles. The number of carbonyl (C=O) groups excluding carboxylic acids is 1. The zero-order valence-electron chi connectivity index (χ0n) is 15.6. The van der Waals surface area contributed by atoms with Gasteiger partial charge in [-0.3, -0.25) is 13.4 Å². The summed E-state index contributed by atoms with van der Waals surface area (Å²) < 4.78 is 14.3. The number of carbonyl (C=O) groups is 1. The molecule has 0 aliphatic heterocycles. The molecule has 0 fully saturated rings. The molecular formula is C21H18N4O3S. The smallest absolute Gasteiger partial charge is 0.322 e. The number of hydrogen-bond donors (Lipinski definition) is 1. The van der Waals surface area contributed by atoms with Crippen molar-refractivity contribution in [2.24, 2.45) is 0 Å². The van der Waals surface area contributed by atoms with Crippen LogP contribution >= 0.6 is 0 Å². The first-order valence-corrected chi connectivity index (χ1v) is 10.4. The van der Waals surface area contributed by atoms with E-state index in [2.05, 4.69) is 10.4 Å². The van der Waals surface area contributed by atoms with Crippen molar-refractivity contribution in [1.29, 1.82) is 0 Å². The molecule has 1 N–H and O–H groups in total. The van der Waals surface area contributed by atoms with Crippen LogP contribution in [0.25, 0.3) is 5.65 Å². The Balaban J connectivity index is 1.52. The van der Waals surface area contributed by atoms with Crippen molar-refractivity contribution in [3.05, 3.63) is 94.5 Å². The molecule has 0 bridgehead atoms. The van der Waals surface area contributed by atoms with Gasteiger partial charge in [0.2, 0.25) is 0 Å². The van der Waals surface area contributed by atoms with Gasteiger partial charge in [0.15, 0.2) is 5.65 Å². The number of pyridine rings is 1. The minimum absolute atomic E-state index is 0.219. The van der Waals surface area contributed by atoms with Crippen LogP contribution in [0.4, 0.5) is 5.69 Å². The quantitative estimate of drug-likeness (QED) is 0.552. The molecule has 2 aromatic heterocycles. The molecule has 4 rings (SSSR count). The van der Waals surface area contributed by atoms with Gasteiger partial charge in [-0.25, -0.2) is 9.48 Å². The summed E-state index contributed by atoms with van der Waals surface area (Å²) in [4.78, 5) is 25.6. The van der Waals surface area contributed by atoms with Gasteiger partial charge in [-0.05, 0) is 54.1 Å². The average molecular weight is 406 g/mol. The first-order valence-electron chi connectivity index (χ1n) is 8.89. The predicted octanol–water partition coefficient (Wildman–Crippen LogP) is 2.53. The number of nitrogens with zero attached hydrogens (tertiary/aromatic N) is 3. The minimum atomic E-state index is -1.09. The summed E-state index contributed by atoms with van der Waals surface area (Å²) in [5.74, 6) is -0.263. The zero-order chi connectivity index (χ0) is 20.4. The molecule has 4 aromatic rings. The Hall–Kier alpha value is -3.52. The van der Waals surface area contributed by atoms with Crippen LogP contribution in [-0.2, 0) is 17.3 Å². The Morgan fingerprint density at radius 2 is 1.86 bits per heavy atom. The van der Waals surface area contributed by atoms with Crippen molar-refractivity contribution in [2.45, 2.75) is 11.4 Å². The van der Waals surface area contributed by atoms with E-state index in [9.17, 15) is 13.8 Å². The van der Waals surface area contributed by atoms with Crippen LogP contribution in [0.2, 0.25) is 0 Å². The maximum Gasteiger partial charge on any atom is 0.350 e. The molecule has 2 heterocycles. The molecule has 0 saturated heterocycles. The second-order valence-corrected chi connectivity index (χ2v) is 7.88. The van der Waals surface area contributed by atoms with E-state index in [1.807, 2.05) is 24.3 Å². The van der Waals surface area contributed by atoms with E-state index in [0.717, 1.165) is 5.56 Å². The zero-order valence-corrected chi connectivity index (χ0v) is 16.4. The molecule has 0 radical (unpaired) electrons. The van der Waals surface area contributed by atoms with E-state index >= 15 is 0 Å². The summed E-state index contributed by atoms with van der Waals surface area (Å²) in [5, 5.41) is 7.17. The highest BCUT2D eigenvalue weighted by Crippen LogP contribution is 2.14. The molecule has 0 spiro atoms. The molecule has 146 valence electrons. The third kappa shape index (κ3) is 4.02. The number of benzene rings is 2. The standard InChI is InChI=1S/C21H18N4O3S/c1-29(28)18-10-8-16(9-11-18)20(26)22-17-6-4-5-15(13-17)14-25-21(27)24-12-3-2-7-19(24)23-25/h2-13H,14H2,1H3,(H,22,26). The molecule has 0 saturated carbocycles. The largest absolute Gasteiger partial charge is 0.350 e. The Labute approximate surface area is 169 Å². The maximum atomic E-state index is 12.5. The van der Waals surface area contributed by atoms with Crippen LogP contribution in [-0.4, -0.2) is 30.6 Å². The number of nitrogens with one attached hydrogen (secondary N) is 1. The Kier molecular flexibility index (Phi) is 5.09. The van der Waals surface area contributed by atoms with E-state index < -0.39 is 10.8 Å². The minimum Gasteiger partial charge on any atom is -0.322 e. The van der Waals surface area contributed by atoms with E-state index in [0.29, 0.717) is 28.3 Å². The van der Waals surface area contributed by atoms with Gasteiger partial charge in [0.1, 0.15) is 0 Å². The summed E-state index contributed by atoms with van der Waals surface area (Å²) in [7, 11) is -1.09. The van der Waals surface area contributed by atoms with Gasteiger partial charge in [0, 0.05) is 39.4 Å². The summed E-state index contributed by atoms with van der Waals surface area (Å²) >= 11 is 0. The summed E-state index contributed by atoms with van der Waals surface area (Å²) in [6, 6.07) is 19.3. The highest BCUT2D eigenvalue weighted by Gasteiger charge is 2.09. The lowest BCUT2D eigenvalue weighted by Gasteiger charge is -2.08. The van der Waals surface area contributed by atoms with Gasteiger partial charge >= 0.3 is 5.69 Å². The van der Waals surface area contributed by atoms with Crippen LogP contribution in [0.3, 0.4) is 0 Å². The molecule has 7 nitrogen and oxygen atoms in total. The fourth-order valence-electron chi connectivity index (χ4n) is 2.99. The van der Waals surface area contributed by atoms with Gasteiger partial charge < -0.3 is 5.32 Å². The molecule has 1 unspecified atom stereocenters. The molecule has 29 heavy (non-hydrogen) atoms. The molecule has 0 aliphatic rings. The number of anilines is 1. The lowest BCUT2D eigenvalue weighted by atomic mass is 10.1. The van der Waals surface area contributed by atoms with Crippen LogP contribution in [0, 0.1) is 0 Å². The summed E-state index contributed by atoms with van der Waals surface area (Å²) in [6.07, 6.45) is 3.27. The van der Waals surface area contributed by atoms with Crippen molar-refractivity contribution >= 4 is 28.0 Å². The SMILES string of the molecule is CS(=O)c1ccc(C(=O)Nc2cccc(Cn3nc4ccccn4c3=O)c2)cc1. The van der Waals surface area contributed by atoms with Crippen molar-refractivity contribution in [3.8, 4) is 0 Å². The second kappa shape index (κ2) is 7.84. The van der Waals surface area contributed by atoms with Crippen molar-refractivity contribution in [3.63, 3.8) is 0 Å². The number of aromatic nitrogens is 3. The lowest BCUT2D eigenvalue weighted by Crippen LogP contribution is -2.21. The first kappa shape index (κ1) is 18.8. The summed E-state index contributed by atoms with van der Waals surface area (Å²) in [5.41, 5.74) is 2.29. The van der Waals surface area contributed by atoms with Gasteiger partial charge in [-0.15, -0.1) is 5.10 Å². The van der Waals surface area contributed by atoms with Crippen molar-refractivity contribution in [1.82, 2.24) is 14.2 Å². The second-order valence-electron chi connectivity index (χ2n) is 6.50. The molecule has 0 aliphatic carbocycles. The van der Waals surface area contributed by atoms with Crippen LogP contribution < -0.4 is 11.0 Å². The maximum absolute atomic E-state index is 12.5. The highest BCUT2D eigenvalue weighted by atomic mass is 32.2. The lowest BCUT2D eigenvalue weighted by molar-refractivity contribution is 0.102. The molecule has 8 heteroatoms. The molecule has 1 atom stereocenters. The number of hydrogen-bond acceptors (Lipinski definition) is 4. The van der Waals surface area contributed by atoms with Crippen molar-refractivity contribution < 1.29 is 9.00 Å². The third-order valence-corrected chi connectivity index (χ3v) is 5.39. The topological polar surface area (TPSA) is 85.5 Å². The average Bonchev–Trinajstić information content (AvgIpc) is 3.04. The monoisotopic (exact) mass is 406 g/mol. The number of rotatable bonds is 5. The normalized spacial score (nSPS) is 12.0. The van der Waals surface area contributed by atoms with Crippen LogP contribution in [0.1, 0.15) is 15.9 Å². The van der Waals surface area contributed by atoms with E-state index in [-0.39, 0.29) is 11.6 Å². The van der Waals surface area contributed by atoms with Crippen LogP contribution in [0.5, 0.6) is 0 Å². The number of amides is 1. The van der Waals surface area contributed by atoms with Gasteiger partial charge in [-0.2, -0.15) is 0 Å². The Bertz CT molecular complexity index is 1280. The first-order chi connectivity index (χ1) is 14.0. The van der Waals surface area contributed by atoms with E-state index in [1.165, 1.54) is 9.08 Å². The Morgan fingerprint density at radius 3 is 2.59 bits per heavy atom. The van der Waals surface area contributed by atoms with Gasteiger partial charge in [-0.1, -0.05) is 18.2 Å². The van der Waals surface area contributed by atoms with E-state index in [1.54, 1.807) is 54.9 Å². The number of fused-ring (bicyclic) bond motifs is 1. The third-order valence-electron chi connectivity index (χ3n) is 4.45. The summed E-state index contributed by atoms with van der Waals surface area (Å²) in [6.45, 7) is 0.293.